The number of rotatable bonds is 4. The highest BCUT2D eigenvalue weighted by Gasteiger charge is 2.35. The summed E-state index contributed by atoms with van der Waals surface area (Å²) < 4.78 is 16.8. The van der Waals surface area contributed by atoms with E-state index in [0.717, 1.165) is 12.8 Å². The van der Waals surface area contributed by atoms with Gasteiger partial charge < -0.3 is 15.5 Å². The van der Waals surface area contributed by atoms with Crippen molar-refractivity contribution >= 4 is 55.6 Å². The van der Waals surface area contributed by atoms with Gasteiger partial charge in [0.05, 0.1) is 17.7 Å². The van der Waals surface area contributed by atoms with Gasteiger partial charge in [-0.1, -0.05) is 6.07 Å². The molecule has 0 bridgehead atoms. The van der Waals surface area contributed by atoms with E-state index in [0.29, 0.717) is 44.6 Å². The van der Waals surface area contributed by atoms with Crippen LogP contribution in [0.3, 0.4) is 0 Å². The summed E-state index contributed by atoms with van der Waals surface area (Å²) in [5.74, 6) is -0.304. The average molecular weight is 539 g/mol. The monoisotopic (exact) mass is 538 g/mol. The highest BCUT2D eigenvalue weighted by atomic mass is 79.9. The Morgan fingerprint density at radius 2 is 2.14 bits per heavy atom. The van der Waals surface area contributed by atoms with Crippen LogP contribution in [0.25, 0.3) is 27.6 Å². The number of halogens is 2. The highest BCUT2D eigenvalue weighted by Crippen LogP contribution is 2.31. The Hall–Kier alpha value is -3.67. The first-order valence-corrected chi connectivity index (χ1v) is 12.0. The molecule has 2 N–H and O–H groups in total. The predicted molar refractivity (Wildman–Crippen MR) is 129 cm³/mol. The number of anilines is 1. The zero-order chi connectivity index (χ0) is 24.1. The van der Waals surface area contributed by atoms with Crippen molar-refractivity contribution in [3.63, 3.8) is 0 Å². The smallest absolute Gasteiger partial charge is 0.241 e. The number of pyridine rings is 1. The predicted octanol–water partition coefficient (Wildman–Crippen LogP) is 2.76. The van der Waals surface area contributed by atoms with Crippen molar-refractivity contribution in [1.82, 2.24) is 34.9 Å². The maximum atomic E-state index is 14.7. The normalized spacial score (nSPS) is 20.1. The molecule has 3 aromatic heterocycles. The molecule has 6 rings (SSSR count). The fourth-order valence-electron chi connectivity index (χ4n) is 4.78. The quantitative estimate of drug-likeness (QED) is 0.410. The van der Waals surface area contributed by atoms with Crippen LogP contribution in [0.4, 0.5) is 10.3 Å². The molecule has 35 heavy (non-hydrogen) atoms. The standard InChI is InChI=1S/C23H20BrFN8O2/c24-20-16-9-27-23(29-14-4-3-13(6-14)22(35)32-10-18(34)28-11-32)30-21(16)33(31-20)15-7-12-2-1-5-26-19(12)17(25)8-15/h1-2,5,7-9,13-14H,3-4,6,10-11H2,(H,28,34)(H,27,29,30)/t13-,14-/m1/s1. The number of hydrogen-bond donors (Lipinski definition) is 2. The van der Waals surface area contributed by atoms with E-state index in [1.807, 2.05) is 6.07 Å². The maximum absolute atomic E-state index is 14.7. The van der Waals surface area contributed by atoms with Gasteiger partial charge in [-0.3, -0.25) is 14.6 Å². The van der Waals surface area contributed by atoms with E-state index in [9.17, 15) is 14.0 Å². The van der Waals surface area contributed by atoms with E-state index in [4.69, 9.17) is 0 Å². The van der Waals surface area contributed by atoms with Crippen LogP contribution in [0.2, 0.25) is 0 Å². The SMILES string of the molecule is O=C1CN(C(=O)[C@@H]2CC[C@@H](Nc3ncc4c(Br)nn(-c5cc(F)c6ncccc6c5)c4n3)C2)CN1. The first-order valence-electron chi connectivity index (χ1n) is 11.2. The third-order valence-corrected chi connectivity index (χ3v) is 7.08. The molecule has 178 valence electrons. The number of aromatic nitrogens is 5. The van der Waals surface area contributed by atoms with Crippen LogP contribution in [0.1, 0.15) is 19.3 Å². The number of benzene rings is 1. The molecule has 4 aromatic rings. The zero-order valence-electron chi connectivity index (χ0n) is 18.4. The lowest BCUT2D eigenvalue weighted by atomic mass is 10.1. The minimum atomic E-state index is -0.443. The number of nitrogens with zero attached hydrogens (tertiary/aromatic N) is 6. The largest absolute Gasteiger partial charge is 0.351 e. The van der Waals surface area contributed by atoms with E-state index in [1.54, 1.807) is 34.1 Å². The van der Waals surface area contributed by atoms with Crippen LogP contribution in [0.15, 0.2) is 41.3 Å². The molecule has 2 fully saturated rings. The number of carbonyl (C=O) groups is 2. The molecule has 12 heteroatoms. The average Bonchev–Trinajstić information content (AvgIpc) is 3.58. The molecule has 1 aromatic carbocycles. The molecule has 4 heterocycles. The van der Waals surface area contributed by atoms with Gasteiger partial charge in [-0.25, -0.2) is 14.1 Å². The first kappa shape index (κ1) is 21.8. The highest BCUT2D eigenvalue weighted by molar-refractivity contribution is 9.10. The van der Waals surface area contributed by atoms with Crippen molar-refractivity contribution in [1.29, 1.82) is 0 Å². The lowest BCUT2D eigenvalue weighted by Gasteiger charge is -2.18. The molecule has 0 unspecified atom stereocenters. The molecular formula is C23H20BrFN8O2. The molecule has 2 atom stereocenters. The summed E-state index contributed by atoms with van der Waals surface area (Å²) in [7, 11) is 0. The van der Waals surface area contributed by atoms with Gasteiger partial charge in [-0.05, 0) is 47.3 Å². The second-order valence-corrected chi connectivity index (χ2v) is 9.53. The Kier molecular flexibility index (Phi) is 5.32. The van der Waals surface area contributed by atoms with Crippen LogP contribution in [-0.4, -0.2) is 60.7 Å². The third-order valence-electron chi connectivity index (χ3n) is 6.50. The number of hydrogen-bond acceptors (Lipinski definition) is 7. The topological polar surface area (TPSA) is 118 Å². The first-order chi connectivity index (χ1) is 17.0. The van der Waals surface area contributed by atoms with Gasteiger partial charge in [-0.15, -0.1) is 0 Å². The minimum Gasteiger partial charge on any atom is -0.351 e. The van der Waals surface area contributed by atoms with Gasteiger partial charge in [-0.2, -0.15) is 10.1 Å². The van der Waals surface area contributed by atoms with Gasteiger partial charge in [0.25, 0.3) is 0 Å². The van der Waals surface area contributed by atoms with E-state index < -0.39 is 5.82 Å². The molecule has 1 saturated carbocycles. The second kappa shape index (κ2) is 8.52. The Balaban J connectivity index is 1.26. The van der Waals surface area contributed by atoms with Crippen molar-refractivity contribution in [2.45, 2.75) is 25.3 Å². The summed E-state index contributed by atoms with van der Waals surface area (Å²) >= 11 is 3.45. The van der Waals surface area contributed by atoms with E-state index in [-0.39, 0.29) is 37.0 Å². The lowest BCUT2D eigenvalue weighted by molar-refractivity contribution is -0.135. The molecule has 2 amide bonds. The summed E-state index contributed by atoms with van der Waals surface area (Å²) in [6, 6.07) is 6.77. The minimum absolute atomic E-state index is 0.00107. The van der Waals surface area contributed by atoms with E-state index >= 15 is 0 Å². The molecule has 0 spiro atoms. The lowest BCUT2D eigenvalue weighted by Crippen LogP contribution is -2.34. The van der Waals surface area contributed by atoms with Crippen LogP contribution < -0.4 is 10.6 Å². The van der Waals surface area contributed by atoms with Gasteiger partial charge in [0.2, 0.25) is 17.8 Å². The fourth-order valence-corrected chi connectivity index (χ4v) is 5.21. The molecule has 1 aliphatic carbocycles. The molecule has 1 saturated heterocycles. The Labute approximate surface area is 207 Å². The zero-order valence-corrected chi connectivity index (χ0v) is 20.0. The van der Waals surface area contributed by atoms with Crippen LogP contribution in [0.5, 0.6) is 0 Å². The Morgan fingerprint density at radius 1 is 1.26 bits per heavy atom. The van der Waals surface area contributed by atoms with Crippen molar-refractivity contribution in [2.75, 3.05) is 18.5 Å². The fraction of sp³-hybridized carbons (Fsp3) is 0.304. The number of carbonyl (C=O) groups excluding carboxylic acids is 2. The summed E-state index contributed by atoms with van der Waals surface area (Å²) in [5, 5.41) is 11.8. The second-order valence-electron chi connectivity index (χ2n) is 8.78. The Bertz CT molecular complexity index is 1490. The summed E-state index contributed by atoms with van der Waals surface area (Å²) in [5.41, 5.74) is 1.33. The van der Waals surface area contributed by atoms with Gasteiger partial charge >= 0.3 is 0 Å². The van der Waals surface area contributed by atoms with Gasteiger partial charge in [0, 0.05) is 35.8 Å². The summed E-state index contributed by atoms with van der Waals surface area (Å²) in [4.78, 5) is 38.9. The molecule has 0 radical (unpaired) electrons. The summed E-state index contributed by atoms with van der Waals surface area (Å²) in [6.07, 6.45) is 5.38. The van der Waals surface area contributed by atoms with E-state index in [1.165, 1.54) is 6.07 Å². The molecule has 10 nitrogen and oxygen atoms in total. The van der Waals surface area contributed by atoms with Crippen molar-refractivity contribution in [2.24, 2.45) is 5.92 Å². The molecular weight excluding hydrogens is 519 g/mol. The summed E-state index contributed by atoms with van der Waals surface area (Å²) in [6.45, 7) is 0.397. The van der Waals surface area contributed by atoms with Gasteiger partial charge in [0.1, 0.15) is 16.7 Å². The molecule has 2 aliphatic rings. The molecule has 1 aliphatic heterocycles. The Morgan fingerprint density at radius 3 is 2.97 bits per heavy atom. The maximum Gasteiger partial charge on any atom is 0.241 e. The van der Waals surface area contributed by atoms with Crippen molar-refractivity contribution in [3.05, 3.63) is 47.1 Å². The third kappa shape index (κ3) is 3.97. The number of nitrogens with one attached hydrogen (secondary N) is 2. The van der Waals surface area contributed by atoms with Crippen molar-refractivity contribution < 1.29 is 14.0 Å². The van der Waals surface area contributed by atoms with Gasteiger partial charge in [0.15, 0.2) is 11.5 Å². The van der Waals surface area contributed by atoms with Crippen LogP contribution in [-0.2, 0) is 9.59 Å². The number of fused-ring (bicyclic) bond motifs is 2. The van der Waals surface area contributed by atoms with E-state index in [2.05, 4.69) is 46.6 Å². The van der Waals surface area contributed by atoms with Crippen LogP contribution >= 0.6 is 15.9 Å². The van der Waals surface area contributed by atoms with Crippen molar-refractivity contribution in [3.8, 4) is 5.69 Å². The number of amides is 2. The van der Waals surface area contributed by atoms with Crippen LogP contribution in [0, 0.1) is 11.7 Å².